The van der Waals surface area contributed by atoms with Gasteiger partial charge in [0, 0.05) is 11.6 Å². The maximum absolute atomic E-state index is 13.0. The van der Waals surface area contributed by atoms with E-state index in [1.807, 2.05) is 26.0 Å². The van der Waals surface area contributed by atoms with Crippen LogP contribution in [0.1, 0.15) is 35.4 Å². The number of carbonyl (C=O) groups excluding carboxylic acids is 2. The number of anilines is 1. The predicted octanol–water partition coefficient (Wildman–Crippen LogP) is 4.32. The van der Waals surface area contributed by atoms with E-state index in [9.17, 15) is 14.7 Å². The monoisotopic (exact) mass is 418 g/mol. The van der Waals surface area contributed by atoms with Crippen molar-refractivity contribution in [3.05, 3.63) is 82.6 Å². The van der Waals surface area contributed by atoms with Crippen molar-refractivity contribution >= 4 is 23.3 Å². The topological polar surface area (TPSA) is 92.9 Å². The Kier molecular flexibility index (Phi) is 5.33. The molecule has 7 nitrogen and oxygen atoms in total. The van der Waals surface area contributed by atoms with Gasteiger partial charge in [-0.1, -0.05) is 47.1 Å². The van der Waals surface area contributed by atoms with Crippen molar-refractivity contribution in [1.82, 2.24) is 5.16 Å². The number of amides is 1. The minimum absolute atomic E-state index is 0.00124. The molecule has 2 heterocycles. The first-order valence-electron chi connectivity index (χ1n) is 9.94. The molecule has 1 fully saturated rings. The Bertz CT molecular complexity index is 1160. The van der Waals surface area contributed by atoms with Gasteiger partial charge in [-0.3, -0.25) is 14.5 Å². The summed E-state index contributed by atoms with van der Waals surface area (Å²) in [4.78, 5) is 27.3. The fourth-order valence-electron chi connectivity index (χ4n) is 3.63. The maximum Gasteiger partial charge on any atom is 0.301 e. The molecule has 0 bridgehead atoms. The SMILES string of the molecule is CCOc1ccc(C2C(=C(O)c3ccc(C)cc3)C(=O)C(=O)N2c2cc(C)on2)cc1. The molecule has 0 spiro atoms. The molecule has 7 heteroatoms. The number of ether oxygens (including phenoxy) is 1. The molecule has 1 amide bonds. The van der Waals surface area contributed by atoms with Crippen LogP contribution in [0.3, 0.4) is 0 Å². The van der Waals surface area contributed by atoms with Crippen LogP contribution in [0.15, 0.2) is 64.7 Å². The zero-order valence-corrected chi connectivity index (χ0v) is 17.5. The second-order valence-corrected chi connectivity index (χ2v) is 7.33. The van der Waals surface area contributed by atoms with Gasteiger partial charge in [-0.25, -0.2) is 0 Å². The fourth-order valence-corrected chi connectivity index (χ4v) is 3.63. The first kappa shape index (κ1) is 20.4. The number of Topliss-reactive ketones (excluding diaryl/α,β-unsaturated/α-hetero) is 1. The van der Waals surface area contributed by atoms with Crippen molar-refractivity contribution in [2.45, 2.75) is 26.8 Å². The number of aryl methyl sites for hydroxylation is 2. The van der Waals surface area contributed by atoms with Crippen LogP contribution < -0.4 is 9.64 Å². The first-order chi connectivity index (χ1) is 14.9. The van der Waals surface area contributed by atoms with E-state index in [1.54, 1.807) is 49.4 Å². The van der Waals surface area contributed by atoms with Gasteiger partial charge in [-0.05, 0) is 38.5 Å². The van der Waals surface area contributed by atoms with Crippen molar-refractivity contribution in [2.24, 2.45) is 0 Å². The molecule has 4 rings (SSSR count). The van der Waals surface area contributed by atoms with Crippen LogP contribution in [0.2, 0.25) is 0 Å². The molecule has 1 atom stereocenters. The molecule has 0 radical (unpaired) electrons. The van der Waals surface area contributed by atoms with Crippen LogP contribution in [-0.4, -0.2) is 28.6 Å². The van der Waals surface area contributed by atoms with E-state index in [4.69, 9.17) is 9.26 Å². The third kappa shape index (κ3) is 3.70. The molecule has 1 aromatic heterocycles. The predicted molar refractivity (Wildman–Crippen MR) is 115 cm³/mol. The minimum Gasteiger partial charge on any atom is -0.507 e. The third-order valence-electron chi connectivity index (χ3n) is 5.14. The number of hydrogen-bond donors (Lipinski definition) is 1. The zero-order chi connectivity index (χ0) is 22.1. The number of ketones is 1. The molecule has 3 aromatic rings. The smallest absolute Gasteiger partial charge is 0.301 e. The molecule has 0 saturated carbocycles. The molecule has 1 saturated heterocycles. The van der Waals surface area contributed by atoms with E-state index in [2.05, 4.69) is 5.16 Å². The van der Waals surface area contributed by atoms with Gasteiger partial charge in [-0.2, -0.15) is 0 Å². The molecule has 1 N–H and O–H groups in total. The Morgan fingerprint density at radius 2 is 1.77 bits per heavy atom. The second-order valence-electron chi connectivity index (χ2n) is 7.33. The van der Waals surface area contributed by atoms with Gasteiger partial charge >= 0.3 is 5.91 Å². The summed E-state index contributed by atoms with van der Waals surface area (Å²) in [6.45, 7) is 6.03. The lowest BCUT2D eigenvalue weighted by atomic mass is 9.95. The highest BCUT2D eigenvalue weighted by Crippen LogP contribution is 2.42. The maximum atomic E-state index is 13.0. The summed E-state index contributed by atoms with van der Waals surface area (Å²) < 4.78 is 10.6. The Morgan fingerprint density at radius 1 is 1.10 bits per heavy atom. The number of rotatable bonds is 5. The van der Waals surface area contributed by atoms with Crippen molar-refractivity contribution in [1.29, 1.82) is 0 Å². The molecule has 1 unspecified atom stereocenters. The lowest BCUT2D eigenvalue weighted by Crippen LogP contribution is -2.29. The second kappa shape index (κ2) is 8.10. The van der Waals surface area contributed by atoms with E-state index >= 15 is 0 Å². The standard InChI is InChI=1S/C24H22N2O5/c1-4-30-18-11-9-16(10-12-18)21-20(22(27)17-7-5-14(2)6-8-17)23(28)24(29)26(21)19-13-15(3)31-25-19/h5-13,21,27H,4H2,1-3H3. The summed E-state index contributed by atoms with van der Waals surface area (Å²) in [5, 5.41) is 15.0. The summed E-state index contributed by atoms with van der Waals surface area (Å²) in [7, 11) is 0. The number of carbonyl (C=O) groups is 2. The van der Waals surface area contributed by atoms with Crippen molar-refractivity contribution in [2.75, 3.05) is 11.5 Å². The van der Waals surface area contributed by atoms with Gasteiger partial charge in [-0.15, -0.1) is 0 Å². The highest BCUT2D eigenvalue weighted by Gasteiger charge is 2.48. The van der Waals surface area contributed by atoms with Crippen LogP contribution in [-0.2, 0) is 9.59 Å². The van der Waals surface area contributed by atoms with Gasteiger partial charge in [0.15, 0.2) is 5.82 Å². The molecule has 31 heavy (non-hydrogen) atoms. The quantitative estimate of drug-likeness (QED) is 0.377. The van der Waals surface area contributed by atoms with Gasteiger partial charge in [0.05, 0.1) is 18.2 Å². The van der Waals surface area contributed by atoms with Crippen molar-refractivity contribution in [3.8, 4) is 5.75 Å². The zero-order valence-electron chi connectivity index (χ0n) is 17.5. The van der Waals surface area contributed by atoms with E-state index in [-0.39, 0.29) is 17.2 Å². The largest absolute Gasteiger partial charge is 0.507 e. The minimum atomic E-state index is -0.860. The fraction of sp³-hybridized carbons (Fsp3) is 0.208. The van der Waals surface area contributed by atoms with E-state index in [0.29, 0.717) is 29.2 Å². The summed E-state index contributed by atoms with van der Waals surface area (Å²) >= 11 is 0. The molecule has 158 valence electrons. The Hall–Kier alpha value is -3.87. The Balaban J connectivity index is 1.89. The average Bonchev–Trinajstić information content (AvgIpc) is 3.30. The van der Waals surface area contributed by atoms with Crippen LogP contribution >= 0.6 is 0 Å². The summed E-state index contributed by atoms with van der Waals surface area (Å²) in [6.07, 6.45) is 0. The van der Waals surface area contributed by atoms with Gasteiger partial charge in [0.1, 0.15) is 17.3 Å². The number of aliphatic hydroxyl groups is 1. The summed E-state index contributed by atoms with van der Waals surface area (Å²) in [5.41, 5.74) is 2.10. The van der Waals surface area contributed by atoms with Gasteiger partial charge < -0.3 is 14.4 Å². The third-order valence-corrected chi connectivity index (χ3v) is 5.14. The summed E-state index contributed by atoms with van der Waals surface area (Å²) in [6, 6.07) is 14.9. The molecule has 1 aliphatic rings. The van der Waals surface area contributed by atoms with Gasteiger partial charge in [0.25, 0.3) is 5.78 Å². The average molecular weight is 418 g/mol. The van der Waals surface area contributed by atoms with Crippen LogP contribution in [0, 0.1) is 13.8 Å². The highest BCUT2D eigenvalue weighted by molar-refractivity contribution is 6.51. The normalized spacial score (nSPS) is 17.9. The highest BCUT2D eigenvalue weighted by atomic mass is 16.5. The molecular formula is C24H22N2O5. The number of aliphatic hydroxyl groups excluding tert-OH is 1. The molecule has 2 aromatic carbocycles. The Labute approximate surface area is 179 Å². The molecule has 0 aliphatic carbocycles. The lowest BCUT2D eigenvalue weighted by Gasteiger charge is -2.23. The lowest BCUT2D eigenvalue weighted by molar-refractivity contribution is -0.132. The Morgan fingerprint density at radius 3 is 2.35 bits per heavy atom. The van der Waals surface area contributed by atoms with E-state index < -0.39 is 17.7 Å². The number of nitrogens with zero attached hydrogens (tertiary/aromatic N) is 2. The van der Waals surface area contributed by atoms with Crippen molar-refractivity contribution in [3.63, 3.8) is 0 Å². The van der Waals surface area contributed by atoms with Crippen LogP contribution in [0.25, 0.3) is 5.76 Å². The number of hydrogen-bond acceptors (Lipinski definition) is 6. The van der Waals surface area contributed by atoms with Crippen LogP contribution in [0.5, 0.6) is 5.75 Å². The number of aromatic nitrogens is 1. The van der Waals surface area contributed by atoms with Gasteiger partial charge in [0.2, 0.25) is 0 Å². The molecular weight excluding hydrogens is 396 g/mol. The van der Waals surface area contributed by atoms with Crippen LogP contribution in [0.4, 0.5) is 5.82 Å². The van der Waals surface area contributed by atoms with E-state index in [1.165, 1.54) is 4.90 Å². The van der Waals surface area contributed by atoms with Crippen molar-refractivity contribution < 1.29 is 24.0 Å². The summed E-state index contributed by atoms with van der Waals surface area (Å²) in [5.74, 6) is -0.417. The first-order valence-corrected chi connectivity index (χ1v) is 9.94. The van der Waals surface area contributed by atoms with E-state index in [0.717, 1.165) is 5.56 Å². The molecule has 1 aliphatic heterocycles. The number of benzene rings is 2.